The van der Waals surface area contributed by atoms with Crippen LogP contribution in [0.15, 0.2) is 77.8 Å². The van der Waals surface area contributed by atoms with Gasteiger partial charge in [0.2, 0.25) is 0 Å². The predicted octanol–water partition coefficient (Wildman–Crippen LogP) is 5.33. The van der Waals surface area contributed by atoms with E-state index in [9.17, 15) is 9.90 Å². The molecule has 27 heavy (non-hydrogen) atoms. The van der Waals surface area contributed by atoms with Crippen LogP contribution in [0.5, 0.6) is 17.2 Å². The van der Waals surface area contributed by atoms with Gasteiger partial charge in [-0.25, -0.2) is 4.79 Å². The molecule has 136 valence electrons. The van der Waals surface area contributed by atoms with Gasteiger partial charge in [0, 0.05) is 6.21 Å². The van der Waals surface area contributed by atoms with Gasteiger partial charge < -0.3 is 14.6 Å². The number of aliphatic imine (C=N–C) groups is 1. The number of hydrogen-bond acceptors (Lipinski definition) is 4. The second-order valence-electron chi connectivity index (χ2n) is 5.66. The lowest BCUT2D eigenvalue weighted by Gasteiger charge is -2.07. The van der Waals surface area contributed by atoms with Crippen LogP contribution < -0.4 is 9.47 Å². The molecule has 0 atom stereocenters. The van der Waals surface area contributed by atoms with Gasteiger partial charge in [0.25, 0.3) is 0 Å². The molecule has 3 aromatic carbocycles. The monoisotopic (exact) mass is 361 g/mol. The molecule has 0 saturated carbocycles. The molecular weight excluding hydrogens is 342 g/mol. The Labute approximate surface area is 157 Å². The fraction of sp³-hybridized carbons (Fsp3) is 0.0909. The maximum atomic E-state index is 11.4. The van der Waals surface area contributed by atoms with Crippen LogP contribution in [-0.2, 0) is 0 Å². The van der Waals surface area contributed by atoms with Crippen LogP contribution in [0.25, 0.3) is 0 Å². The second-order valence-corrected chi connectivity index (χ2v) is 5.66. The molecule has 0 bridgehead atoms. The van der Waals surface area contributed by atoms with E-state index >= 15 is 0 Å². The van der Waals surface area contributed by atoms with Crippen molar-refractivity contribution in [2.24, 2.45) is 4.99 Å². The van der Waals surface area contributed by atoms with E-state index in [1.54, 1.807) is 24.4 Å². The molecule has 0 aliphatic carbocycles. The summed E-state index contributed by atoms with van der Waals surface area (Å²) < 4.78 is 11.1. The SMILES string of the molecule is CCOc1ccc(C=Nc2ccc(Oc3ccccc3)cc2)cc1C(=O)O. The summed E-state index contributed by atoms with van der Waals surface area (Å²) >= 11 is 0. The van der Waals surface area contributed by atoms with Crippen molar-refractivity contribution in [2.75, 3.05) is 6.61 Å². The lowest BCUT2D eigenvalue weighted by atomic mass is 10.1. The second kappa shape index (κ2) is 8.67. The zero-order valence-electron chi connectivity index (χ0n) is 14.8. The minimum absolute atomic E-state index is 0.118. The molecular formula is C22H19NO4. The lowest BCUT2D eigenvalue weighted by Crippen LogP contribution is -2.03. The van der Waals surface area contributed by atoms with E-state index in [1.165, 1.54) is 0 Å². The zero-order chi connectivity index (χ0) is 19.1. The Hall–Kier alpha value is -3.60. The van der Waals surface area contributed by atoms with Gasteiger partial charge in [-0.2, -0.15) is 0 Å². The molecule has 0 unspecified atom stereocenters. The van der Waals surface area contributed by atoms with Crippen molar-refractivity contribution in [2.45, 2.75) is 6.92 Å². The number of para-hydroxylation sites is 1. The normalized spacial score (nSPS) is 10.7. The summed E-state index contributed by atoms with van der Waals surface area (Å²) in [5.41, 5.74) is 1.54. The molecule has 0 heterocycles. The molecule has 0 saturated heterocycles. The van der Waals surface area contributed by atoms with Gasteiger partial charge in [0.15, 0.2) is 0 Å². The summed E-state index contributed by atoms with van der Waals surface area (Å²) in [5.74, 6) is 0.805. The molecule has 3 rings (SSSR count). The van der Waals surface area contributed by atoms with Crippen LogP contribution >= 0.6 is 0 Å². The third-order valence-electron chi connectivity index (χ3n) is 3.71. The lowest BCUT2D eigenvalue weighted by molar-refractivity contribution is 0.0692. The highest BCUT2D eigenvalue weighted by molar-refractivity contribution is 5.94. The van der Waals surface area contributed by atoms with E-state index in [-0.39, 0.29) is 5.56 Å². The first-order valence-corrected chi connectivity index (χ1v) is 8.53. The average molecular weight is 361 g/mol. The van der Waals surface area contributed by atoms with Crippen molar-refractivity contribution >= 4 is 17.9 Å². The summed E-state index contributed by atoms with van der Waals surface area (Å²) in [6, 6.07) is 21.8. The Kier molecular flexibility index (Phi) is 5.84. The van der Waals surface area contributed by atoms with Gasteiger partial charge in [0.05, 0.1) is 12.3 Å². The van der Waals surface area contributed by atoms with Crippen molar-refractivity contribution in [3.8, 4) is 17.2 Å². The highest BCUT2D eigenvalue weighted by Gasteiger charge is 2.11. The van der Waals surface area contributed by atoms with Crippen LogP contribution in [0, 0.1) is 0 Å². The van der Waals surface area contributed by atoms with E-state index < -0.39 is 5.97 Å². The fourth-order valence-electron chi connectivity index (χ4n) is 2.45. The van der Waals surface area contributed by atoms with Crippen molar-refractivity contribution in [1.82, 2.24) is 0 Å². The van der Waals surface area contributed by atoms with Gasteiger partial charge in [0.1, 0.15) is 22.8 Å². The number of aromatic carboxylic acids is 1. The molecule has 0 aromatic heterocycles. The first-order valence-electron chi connectivity index (χ1n) is 8.53. The Morgan fingerprint density at radius 2 is 1.70 bits per heavy atom. The quantitative estimate of drug-likeness (QED) is 0.578. The third-order valence-corrected chi connectivity index (χ3v) is 3.71. The number of hydrogen-bond donors (Lipinski definition) is 1. The van der Waals surface area contributed by atoms with Gasteiger partial charge in [-0.05, 0) is 67.1 Å². The first-order chi connectivity index (χ1) is 13.2. The average Bonchev–Trinajstić information content (AvgIpc) is 2.69. The van der Waals surface area contributed by atoms with E-state index in [2.05, 4.69) is 4.99 Å². The molecule has 5 heteroatoms. The number of carboxylic acids is 1. The molecule has 1 N–H and O–H groups in total. The standard InChI is InChI=1S/C22H19NO4/c1-2-26-21-13-8-16(14-20(21)22(24)25)15-23-17-9-11-19(12-10-17)27-18-6-4-3-5-7-18/h3-15H,2H2,1H3,(H,24,25). The molecule has 0 spiro atoms. The largest absolute Gasteiger partial charge is 0.493 e. The number of rotatable bonds is 7. The van der Waals surface area contributed by atoms with Crippen LogP contribution in [0.2, 0.25) is 0 Å². The molecule has 0 aliphatic heterocycles. The Morgan fingerprint density at radius 3 is 2.37 bits per heavy atom. The van der Waals surface area contributed by atoms with E-state index in [1.807, 2.05) is 61.5 Å². The maximum absolute atomic E-state index is 11.4. The highest BCUT2D eigenvalue weighted by atomic mass is 16.5. The smallest absolute Gasteiger partial charge is 0.339 e. The van der Waals surface area contributed by atoms with Crippen LogP contribution in [-0.4, -0.2) is 23.9 Å². The maximum Gasteiger partial charge on any atom is 0.339 e. The van der Waals surface area contributed by atoms with Crippen molar-refractivity contribution in [3.63, 3.8) is 0 Å². The summed E-state index contributed by atoms with van der Waals surface area (Å²) in [4.78, 5) is 15.8. The Bertz CT molecular complexity index is 934. The zero-order valence-corrected chi connectivity index (χ0v) is 14.8. The van der Waals surface area contributed by atoms with Crippen LogP contribution in [0.3, 0.4) is 0 Å². The van der Waals surface area contributed by atoms with Gasteiger partial charge in [-0.3, -0.25) is 4.99 Å². The number of carboxylic acid groups (broad SMARTS) is 1. The van der Waals surface area contributed by atoms with Gasteiger partial charge in [-0.1, -0.05) is 18.2 Å². The summed E-state index contributed by atoms with van der Waals surface area (Å²) in [5, 5.41) is 9.32. The van der Waals surface area contributed by atoms with Crippen LogP contribution in [0.4, 0.5) is 5.69 Å². The van der Waals surface area contributed by atoms with Gasteiger partial charge >= 0.3 is 5.97 Å². The van der Waals surface area contributed by atoms with E-state index in [0.29, 0.717) is 17.9 Å². The topological polar surface area (TPSA) is 68.1 Å². The van der Waals surface area contributed by atoms with Crippen molar-refractivity contribution in [1.29, 1.82) is 0 Å². The third kappa shape index (κ3) is 4.95. The summed E-state index contributed by atoms with van der Waals surface area (Å²) in [7, 11) is 0. The highest BCUT2D eigenvalue weighted by Crippen LogP contribution is 2.24. The minimum Gasteiger partial charge on any atom is -0.493 e. The predicted molar refractivity (Wildman–Crippen MR) is 105 cm³/mol. The van der Waals surface area contributed by atoms with Crippen LogP contribution in [0.1, 0.15) is 22.8 Å². The fourth-order valence-corrected chi connectivity index (χ4v) is 2.45. The first kappa shape index (κ1) is 18.2. The number of nitrogens with zero attached hydrogens (tertiary/aromatic N) is 1. The molecule has 0 amide bonds. The molecule has 0 fully saturated rings. The van der Waals surface area contributed by atoms with Crippen molar-refractivity contribution in [3.05, 3.63) is 83.9 Å². The summed E-state index contributed by atoms with van der Waals surface area (Å²) in [6.07, 6.45) is 1.62. The van der Waals surface area contributed by atoms with Gasteiger partial charge in [-0.15, -0.1) is 0 Å². The Balaban J connectivity index is 1.72. The molecule has 0 radical (unpaired) electrons. The minimum atomic E-state index is -1.03. The number of benzene rings is 3. The Morgan fingerprint density at radius 1 is 1.00 bits per heavy atom. The van der Waals surface area contributed by atoms with E-state index in [0.717, 1.165) is 17.2 Å². The molecule has 0 aliphatic rings. The number of carbonyl (C=O) groups is 1. The molecule has 3 aromatic rings. The summed E-state index contributed by atoms with van der Waals surface area (Å²) in [6.45, 7) is 2.22. The number of ether oxygens (including phenoxy) is 2. The van der Waals surface area contributed by atoms with Crippen molar-refractivity contribution < 1.29 is 19.4 Å². The molecule has 5 nitrogen and oxygen atoms in total. The van der Waals surface area contributed by atoms with E-state index in [4.69, 9.17) is 9.47 Å².